The molecule has 1 aromatic rings. The molecule has 8 heteroatoms. The van der Waals surface area contributed by atoms with Crippen molar-refractivity contribution in [2.75, 3.05) is 13.1 Å². The van der Waals surface area contributed by atoms with Crippen molar-refractivity contribution in [3.05, 3.63) is 29.8 Å². The molecule has 4 nitrogen and oxygen atoms in total. The lowest BCUT2D eigenvalue weighted by atomic mass is 10.2. The van der Waals surface area contributed by atoms with E-state index < -0.39 is 21.8 Å². The molecule has 1 aliphatic heterocycles. The van der Waals surface area contributed by atoms with Crippen LogP contribution in [0.5, 0.6) is 0 Å². The fourth-order valence-electron chi connectivity index (χ4n) is 2.29. The van der Waals surface area contributed by atoms with Crippen molar-refractivity contribution < 1.29 is 21.6 Å². The summed E-state index contributed by atoms with van der Waals surface area (Å²) in [4.78, 5) is -0.321. The number of piperazine rings is 1. The summed E-state index contributed by atoms with van der Waals surface area (Å²) in [6.07, 6.45) is -4.56. The predicted octanol–water partition coefficient (Wildman–Crippen LogP) is 2.08. The van der Waals surface area contributed by atoms with Gasteiger partial charge in [-0.2, -0.15) is 17.5 Å². The molecule has 2 atom stereocenters. The van der Waals surface area contributed by atoms with Gasteiger partial charge < -0.3 is 5.32 Å². The maximum Gasteiger partial charge on any atom is 0.416 e. The first-order valence-corrected chi connectivity index (χ1v) is 7.99. The highest BCUT2D eigenvalue weighted by Gasteiger charge is 2.36. The minimum atomic E-state index is -4.56. The van der Waals surface area contributed by atoms with Crippen molar-refractivity contribution in [1.29, 1.82) is 0 Å². The first-order valence-electron chi connectivity index (χ1n) is 6.55. The quantitative estimate of drug-likeness (QED) is 0.907. The van der Waals surface area contributed by atoms with Crippen LogP contribution in [0.4, 0.5) is 13.2 Å². The highest BCUT2D eigenvalue weighted by Crippen LogP contribution is 2.31. The maximum absolute atomic E-state index is 12.7. The molecule has 118 valence electrons. The van der Waals surface area contributed by atoms with Crippen molar-refractivity contribution in [1.82, 2.24) is 9.62 Å². The Bertz CT molecular complexity index is 616. The van der Waals surface area contributed by atoms with Gasteiger partial charge in [-0.15, -0.1) is 0 Å². The first-order chi connectivity index (χ1) is 9.62. The van der Waals surface area contributed by atoms with Gasteiger partial charge in [0.1, 0.15) is 0 Å². The number of halogens is 3. The smallest absolute Gasteiger partial charge is 0.311 e. The molecule has 0 saturated carbocycles. The molecule has 0 spiro atoms. The predicted molar refractivity (Wildman–Crippen MR) is 72.3 cm³/mol. The van der Waals surface area contributed by atoms with Gasteiger partial charge in [-0.1, -0.05) is 6.07 Å². The van der Waals surface area contributed by atoms with Crippen LogP contribution in [0.25, 0.3) is 0 Å². The number of rotatable bonds is 2. The van der Waals surface area contributed by atoms with Crippen LogP contribution in [-0.2, 0) is 16.2 Å². The zero-order valence-electron chi connectivity index (χ0n) is 11.7. The standard InChI is InChI=1S/C13H17F3N2O2S/c1-9-8-18(10(2)7-17-9)21(19,20)12-5-3-4-11(6-12)13(14,15)16/h3-6,9-10,17H,7-8H2,1-2H3. The van der Waals surface area contributed by atoms with E-state index in [-0.39, 0.29) is 23.5 Å². The van der Waals surface area contributed by atoms with Crippen LogP contribution in [-0.4, -0.2) is 37.9 Å². The summed E-state index contributed by atoms with van der Waals surface area (Å²) in [5.74, 6) is 0. The largest absolute Gasteiger partial charge is 0.416 e. The van der Waals surface area contributed by atoms with Crippen molar-refractivity contribution in [2.45, 2.75) is 37.0 Å². The van der Waals surface area contributed by atoms with Gasteiger partial charge in [0.15, 0.2) is 0 Å². The van der Waals surface area contributed by atoms with Crippen molar-refractivity contribution in [3.8, 4) is 0 Å². The Hall–Kier alpha value is -1.12. The SMILES string of the molecule is CC1CN(S(=O)(=O)c2cccc(C(F)(F)F)c2)C(C)CN1. The van der Waals surface area contributed by atoms with Gasteiger partial charge in [-0.25, -0.2) is 8.42 Å². The van der Waals surface area contributed by atoms with E-state index in [1.54, 1.807) is 6.92 Å². The van der Waals surface area contributed by atoms with Gasteiger partial charge in [-0.3, -0.25) is 0 Å². The normalized spacial score (nSPS) is 25.0. The van der Waals surface area contributed by atoms with Gasteiger partial charge >= 0.3 is 6.18 Å². The van der Waals surface area contributed by atoms with E-state index in [1.807, 2.05) is 6.92 Å². The Morgan fingerprint density at radius 3 is 2.57 bits per heavy atom. The zero-order valence-corrected chi connectivity index (χ0v) is 12.5. The third-order valence-corrected chi connectivity index (χ3v) is 5.45. The number of alkyl halides is 3. The summed E-state index contributed by atoms with van der Waals surface area (Å²) in [6.45, 7) is 4.27. The number of nitrogens with one attached hydrogen (secondary N) is 1. The summed E-state index contributed by atoms with van der Waals surface area (Å²) in [7, 11) is -3.93. The van der Waals surface area contributed by atoms with E-state index >= 15 is 0 Å². The molecular weight excluding hydrogens is 305 g/mol. The molecule has 0 amide bonds. The minimum Gasteiger partial charge on any atom is -0.311 e. The van der Waals surface area contributed by atoms with Crippen LogP contribution in [0.1, 0.15) is 19.4 Å². The average Bonchev–Trinajstić information content (AvgIpc) is 2.40. The molecule has 1 aromatic carbocycles. The van der Waals surface area contributed by atoms with Gasteiger partial charge in [0, 0.05) is 25.2 Å². The van der Waals surface area contributed by atoms with E-state index in [0.29, 0.717) is 12.6 Å². The molecule has 2 rings (SSSR count). The summed E-state index contributed by atoms with van der Waals surface area (Å²) < 4.78 is 64.5. The Kier molecular flexibility index (Phi) is 4.32. The van der Waals surface area contributed by atoms with E-state index in [0.717, 1.165) is 12.1 Å². The van der Waals surface area contributed by atoms with Crippen molar-refractivity contribution >= 4 is 10.0 Å². The molecule has 0 bridgehead atoms. The summed E-state index contributed by atoms with van der Waals surface area (Å²) in [6, 6.07) is 3.52. The topological polar surface area (TPSA) is 49.4 Å². The van der Waals surface area contributed by atoms with Crippen LogP contribution in [0.15, 0.2) is 29.2 Å². The molecule has 0 aliphatic carbocycles. The second-order valence-electron chi connectivity index (χ2n) is 5.26. The molecule has 21 heavy (non-hydrogen) atoms. The monoisotopic (exact) mass is 322 g/mol. The Morgan fingerprint density at radius 2 is 1.95 bits per heavy atom. The third-order valence-electron chi connectivity index (χ3n) is 3.48. The second kappa shape index (κ2) is 5.58. The Labute approximate surface area is 122 Å². The van der Waals surface area contributed by atoms with Crippen LogP contribution in [0.3, 0.4) is 0 Å². The van der Waals surface area contributed by atoms with Gasteiger partial charge in [0.2, 0.25) is 10.0 Å². The van der Waals surface area contributed by atoms with Gasteiger partial charge in [-0.05, 0) is 32.0 Å². The molecule has 1 aliphatic rings. The minimum absolute atomic E-state index is 0.0400. The molecular formula is C13H17F3N2O2S. The molecule has 0 aromatic heterocycles. The van der Waals surface area contributed by atoms with Gasteiger partial charge in [0.25, 0.3) is 0 Å². The number of nitrogens with zero attached hydrogens (tertiary/aromatic N) is 1. The van der Waals surface area contributed by atoms with E-state index in [2.05, 4.69) is 5.32 Å². The highest BCUT2D eigenvalue weighted by molar-refractivity contribution is 7.89. The van der Waals surface area contributed by atoms with Crippen molar-refractivity contribution in [2.24, 2.45) is 0 Å². The first kappa shape index (κ1) is 16.3. The number of sulfonamides is 1. The summed E-state index contributed by atoms with van der Waals surface area (Å²) in [5, 5.41) is 3.13. The lowest BCUT2D eigenvalue weighted by Gasteiger charge is -2.36. The number of benzene rings is 1. The molecule has 1 fully saturated rings. The van der Waals surface area contributed by atoms with E-state index in [4.69, 9.17) is 0 Å². The fourth-order valence-corrected chi connectivity index (χ4v) is 4.06. The lowest BCUT2D eigenvalue weighted by Crippen LogP contribution is -2.56. The average molecular weight is 322 g/mol. The van der Waals surface area contributed by atoms with Gasteiger partial charge in [0.05, 0.1) is 10.5 Å². The van der Waals surface area contributed by atoms with E-state index in [9.17, 15) is 21.6 Å². The summed E-state index contributed by atoms with van der Waals surface area (Å²) >= 11 is 0. The summed E-state index contributed by atoms with van der Waals surface area (Å²) in [5.41, 5.74) is -0.959. The van der Waals surface area contributed by atoms with Crippen LogP contribution >= 0.6 is 0 Å². The second-order valence-corrected chi connectivity index (χ2v) is 7.15. The number of hydrogen-bond acceptors (Lipinski definition) is 3. The van der Waals surface area contributed by atoms with Crippen LogP contribution < -0.4 is 5.32 Å². The Balaban J connectivity index is 2.40. The maximum atomic E-state index is 12.7. The molecule has 1 saturated heterocycles. The fraction of sp³-hybridized carbons (Fsp3) is 0.538. The molecule has 1 heterocycles. The van der Waals surface area contributed by atoms with E-state index in [1.165, 1.54) is 10.4 Å². The highest BCUT2D eigenvalue weighted by atomic mass is 32.2. The third kappa shape index (κ3) is 3.38. The molecule has 0 radical (unpaired) electrons. The van der Waals surface area contributed by atoms with Crippen LogP contribution in [0, 0.1) is 0 Å². The van der Waals surface area contributed by atoms with Crippen molar-refractivity contribution in [3.63, 3.8) is 0 Å². The molecule has 2 unspecified atom stereocenters. The van der Waals surface area contributed by atoms with Crippen LogP contribution in [0.2, 0.25) is 0 Å². The lowest BCUT2D eigenvalue weighted by molar-refractivity contribution is -0.137. The zero-order chi connectivity index (χ0) is 15.8. The number of hydrogen-bond donors (Lipinski definition) is 1. The molecule has 1 N–H and O–H groups in total. The Morgan fingerprint density at radius 1 is 1.29 bits per heavy atom.